The molecule has 0 unspecified atom stereocenters. The first-order valence-corrected chi connectivity index (χ1v) is 14.0. The van der Waals surface area contributed by atoms with Crippen LogP contribution in [-0.4, -0.2) is 82.9 Å². The lowest BCUT2D eigenvalue weighted by Gasteiger charge is -2.41. The van der Waals surface area contributed by atoms with E-state index in [1.165, 1.54) is 0 Å². The second kappa shape index (κ2) is 10.4. The van der Waals surface area contributed by atoms with Crippen molar-refractivity contribution in [1.82, 2.24) is 19.7 Å². The fraction of sp³-hybridized carbons (Fsp3) is 0.621. The number of carbonyl (C=O) groups is 3. The van der Waals surface area contributed by atoms with E-state index in [1.807, 2.05) is 32.9 Å². The highest BCUT2D eigenvalue weighted by atomic mass is 19.1. The third-order valence-electron chi connectivity index (χ3n) is 8.15. The molecule has 0 bridgehead atoms. The van der Waals surface area contributed by atoms with Gasteiger partial charge in [-0.2, -0.15) is 0 Å². The highest BCUT2D eigenvalue weighted by Gasteiger charge is 2.39. The number of alkyl halides is 1. The summed E-state index contributed by atoms with van der Waals surface area (Å²) in [6.07, 6.45) is 4.64. The van der Waals surface area contributed by atoms with E-state index in [2.05, 4.69) is 34.0 Å². The highest BCUT2D eigenvalue weighted by Crippen LogP contribution is 2.35. The lowest BCUT2D eigenvalue weighted by Crippen LogP contribution is -2.51. The third-order valence-corrected chi connectivity index (χ3v) is 8.15. The minimum Gasteiger partial charge on any atom is -0.444 e. The molecule has 1 N–H and O–H groups in total. The van der Waals surface area contributed by atoms with Crippen LogP contribution in [0.1, 0.15) is 64.5 Å². The largest absolute Gasteiger partial charge is 0.444 e. The number of imide groups is 1. The van der Waals surface area contributed by atoms with Gasteiger partial charge in [0.1, 0.15) is 11.3 Å². The van der Waals surface area contributed by atoms with Crippen molar-refractivity contribution < 1.29 is 23.5 Å². The first kappa shape index (κ1) is 27.4. The predicted octanol–water partition coefficient (Wildman–Crippen LogP) is 4.77. The molecule has 2 aromatic rings. The van der Waals surface area contributed by atoms with Crippen LogP contribution in [0.4, 0.5) is 19.7 Å². The standard InChI is InChI=1S/C29H40FN5O4/c1-20-18-35(24-6-5-22(17-23(20)24)34-14-9-25(36)31-26(34)37)21-7-12-32(13-8-21)19-29(30)10-15-33(16-11-29)27(38)39-28(2,3)4/h5-6,17-18,21H,7-16,19H2,1-4H3,(H,31,36,37). The highest BCUT2D eigenvalue weighted by molar-refractivity contribution is 6.06. The third kappa shape index (κ3) is 6.05. The lowest BCUT2D eigenvalue weighted by atomic mass is 9.91. The first-order chi connectivity index (χ1) is 18.4. The molecule has 10 heteroatoms. The van der Waals surface area contributed by atoms with Gasteiger partial charge in [0.25, 0.3) is 0 Å². The predicted molar refractivity (Wildman–Crippen MR) is 148 cm³/mol. The molecule has 4 amide bonds. The van der Waals surface area contributed by atoms with Gasteiger partial charge in [-0.15, -0.1) is 0 Å². The molecule has 0 saturated carbocycles. The van der Waals surface area contributed by atoms with Gasteiger partial charge in [-0.05, 0) is 64.3 Å². The molecule has 1 aromatic heterocycles. The molecule has 3 saturated heterocycles. The Morgan fingerprint density at radius 1 is 1.10 bits per heavy atom. The number of amides is 4. The van der Waals surface area contributed by atoms with E-state index in [9.17, 15) is 14.4 Å². The Bertz CT molecular complexity index is 1250. The van der Waals surface area contributed by atoms with Gasteiger partial charge >= 0.3 is 12.1 Å². The molecule has 3 aliphatic rings. The van der Waals surface area contributed by atoms with Crippen molar-refractivity contribution in [2.24, 2.45) is 0 Å². The normalized spacial score (nSPS) is 21.4. The van der Waals surface area contributed by atoms with E-state index in [0.29, 0.717) is 51.5 Å². The average molecular weight is 542 g/mol. The second-order valence-electron chi connectivity index (χ2n) is 12.3. The van der Waals surface area contributed by atoms with Crippen molar-refractivity contribution >= 4 is 34.6 Å². The average Bonchev–Trinajstić information content (AvgIpc) is 3.19. The molecule has 1 aromatic carbocycles. The van der Waals surface area contributed by atoms with Crippen LogP contribution in [0.15, 0.2) is 24.4 Å². The molecule has 4 heterocycles. The Labute approximate surface area is 229 Å². The zero-order chi connectivity index (χ0) is 27.9. The summed E-state index contributed by atoms with van der Waals surface area (Å²) in [7, 11) is 0. The number of nitrogens with zero attached hydrogens (tertiary/aromatic N) is 4. The van der Waals surface area contributed by atoms with Crippen LogP contribution in [0.3, 0.4) is 0 Å². The van der Waals surface area contributed by atoms with Crippen molar-refractivity contribution in [1.29, 1.82) is 0 Å². The number of carbonyl (C=O) groups excluding carboxylic acids is 3. The lowest BCUT2D eigenvalue weighted by molar-refractivity contribution is -0.120. The molecule has 212 valence electrons. The summed E-state index contributed by atoms with van der Waals surface area (Å²) in [5.74, 6) is -0.240. The van der Waals surface area contributed by atoms with Crippen molar-refractivity contribution in [2.75, 3.05) is 44.2 Å². The Morgan fingerprint density at radius 3 is 2.44 bits per heavy atom. The maximum absolute atomic E-state index is 15.7. The van der Waals surface area contributed by atoms with Crippen LogP contribution in [0.5, 0.6) is 0 Å². The molecule has 3 fully saturated rings. The maximum Gasteiger partial charge on any atom is 0.410 e. The number of benzene rings is 1. The van der Waals surface area contributed by atoms with Crippen LogP contribution >= 0.6 is 0 Å². The molecule has 0 spiro atoms. The minimum absolute atomic E-state index is 0.240. The van der Waals surface area contributed by atoms with E-state index in [1.54, 1.807) is 9.80 Å². The van der Waals surface area contributed by atoms with Crippen LogP contribution < -0.4 is 10.2 Å². The van der Waals surface area contributed by atoms with Crippen LogP contribution in [0, 0.1) is 6.92 Å². The quantitative estimate of drug-likeness (QED) is 0.603. The van der Waals surface area contributed by atoms with E-state index >= 15 is 4.39 Å². The molecule has 0 aliphatic carbocycles. The van der Waals surface area contributed by atoms with E-state index in [4.69, 9.17) is 4.74 Å². The fourth-order valence-corrected chi connectivity index (χ4v) is 6.02. The van der Waals surface area contributed by atoms with Gasteiger partial charge in [-0.25, -0.2) is 14.0 Å². The number of piperidine rings is 2. The van der Waals surface area contributed by atoms with Crippen LogP contribution in [0.25, 0.3) is 10.9 Å². The number of fused-ring (bicyclic) bond motifs is 1. The SMILES string of the molecule is Cc1cn(C2CCN(CC3(F)CCN(C(=O)OC(C)(C)C)CC3)CC2)c2ccc(N3CCC(=O)NC3=O)cc12. The Kier molecular flexibility index (Phi) is 7.35. The number of likely N-dealkylation sites (tertiary alicyclic amines) is 2. The van der Waals surface area contributed by atoms with Crippen molar-refractivity contribution in [2.45, 2.75) is 77.1 Å². The number of halogens is 1. The monoisotopic (exact) mass is 541 g/mol. The van der Waals surface area contributed by atoms with E-state index in [-0.39, 0.29) is 18.0 Å². The van der Waals surface area contributed by atoms with Gasteiger partial charge in [-0.1, -0.05) is 0 Å². The molecule has 0 atom stereocenters. The Hall–Kier alpha value is -3.14. The number of hydrogen-bond acceptors (Lipinski definition) is 5. The van der Waals surface area contributed by atoms with Gasteiger partial charge in [0, 0.05) is 87.4 Å². The zero-order valence-corrected chi connectivity index (χ0v) is 23.5. The fourth-order valence-electron chi connectivity index (χ4n) is 6.02. The van der Waals surface area contributed by atoms with E-state index < -0.39 is 11.3 Å². The van der Waals surface area contributed by atoms with Crippen molar-refractivity contribution in [3.05, 3.63) is 30.0 Å². The summed E-state index contributed by atoms with van der Waals surface area (Å²) in [5, 5.41) is 3.48. The molecular formula is C29H40FN5O4. The molecule has 39 heavy (non-hydrogen) atoms. The molecule has 9 nitrogen and oxygen atoms in total. The number of anilines is 1. The van der Waals surface area contributed by atoms with Crippen LogP contribution in [-0.2, 0) is 9.53 Å². The number of nitrogens with one attached hydrogen (secondary N) is 1. The summed E-state index contributed by atoms with van der Waals surface area (Å²) in [4.78, 5) is 41.6. The van der Waals surface area contributed by atoms with Gasteiger partial charge in [-0.3, -0.25) is 15.0 Å². The van der Waals surface area contributed by atoms with E-state index in [0.717, 1.165) is 48.1 Å². The van der Waals surface area contributed by atoms with Crippen LogP contribution in [0.2, 0.25) is 0 Å². The Morgan fingerprint density at radius 2 is 1.79 bits per heavy atom. The first-order valence-electron chi connectivity index (χ1n) is 14.0. The topological polar surface area (TPSA) is 87.1 Å². The second-order valence-corrected chi connectivity index (χ2v) is 12.3. The maximum atomic E-state index is 15.7. The summed E-state index contributed by atoms with van der Waals surface area (Å²) in [6.45, 7) is 10.8. The number of ether oxygens (including phenoxy) is 1. The van der Waals surface area contributed by atoms with Gasteiger partial charge in [0.05, 0.1) is 0 Å². The number of rotatable bonds is 4. The summed E-state index contributed by atoms with van der Waals surface area (Å²) in [5.41, 5.74) is 1.21. The van der Waals surface area contributed by atoms with Gasteiger partial charge < -0.3 is 19.1 Å². The van der Waals surface area contributed by atoms with Crippen molar-refractivity contribution in [3.63, 3.8) is 0 Å². The molecule has 0 radical (unpaired) electrons. The minimum atomic E-state index is -1.29. The number of aryl methyl sites for hydroxylation is 1. The number of hydrogen-bond donors (Lipinski definition) is 1. The molecule has 3 aliphatic heterocycles. The zero-order valence-electron chi connectivity index (χ0n) is 23.5. The molecular weight excluding hydrogens is 501 g/mol. The summed E-state index contributed by atoms with van der Waals surface area (Å²) >= 11 is 0. The summed E-state index contributed by atoms with van der Waals surface area (Å²) in [6, 6.07) is 5.98. The van der Waals surface area contributed by atoms with Gasteiger partial charge in [0.15, 0.2) is 0 Å². The number of aromatic nitrogens is 1. The summed E-state index contributed by atoms with van der Waals surface area (Å²) < 4.78 is 23.5. The number of urea groups is 1. The van der Waals surface area contributed by atoms with Crippen molar-refractivity contribution in [3.8, 4) is 0 Å². The Balaban J connectivity index is 1.18. The van der Waals surface area contributed by atoms with Gasteiger partial charge in [0.2, 0.25) is 5.91 Å². The smallest absolute Gasteiger partial charge is 0.410 e. The molecule has 5 rings (SSSR count).